The van der Waals surface area contributed by atoms with Crippen LogP contribution in [0.1, 0.15) is 12.0 Å². The Kier molecular flexibility index (Phi) is 4.40. The summed E-state index contributed by atoms with van der Waals surface area (Å²) >= 11 is 3.51. The van der Waals surface area contributed by atoms with Crippen LogP contribution in [-0.2, 0) is 6.54 Å². The first-order chi connectivity index (χ1) is 8.22. The van der Waals surface area contributed by atoms with Gasteiger partial charge < -0.3 is 4.74 Å². The van der Waals surface area contributed by atoms with Crippen LogP contribution in [0.4, 0.5) is 4.39 Å². The SMILES string of the molecule is COc1ccc(CN2CCC(CBr)C2)c(F)c1. The lowest BCUT2D eigenvalue weighted by atomic mass is 10.1. The molecule has 0 aliphatic carbocycles. The fourth-order valence-electron chi connectivity index (χ4n) is 2.21. The molecule has 94 valence electrons. The van der Waals surface area contributed by atoms with Crippen molar-refractivity contribution in [3.05, 3.63) is 29.6 Å². The molecule has 2 nitrogen and oxygen atoms in total. The topological polar surface area (TPSA) is 12.5 Å². The lowest BCUT2D eigenvalue weighted by Crippen LogP contribution is -2.21. The summed E-state index contributed by atoms with van der Waals surface area (Å²) in [5, 5.41) is 1.04. The highest BCUT2D eigenvalue weighted by atomic mass is 79.9. The highest BCUT2D eigenvalue weighted by Crippen LogP contribution is 2.22. The van der Waals surface area contributed by atoms with Gasteiger partial charge >= 0.3 is 0 Å². The third kappa shape index (κ3) is 3.19. The molecule has 4 heteroatoms. The van der Waals surface area contributed by atoms with Crippen LogP contribution in [0.15, 0.2) is 18.2 Å². The zero-order valence-corrected chi connectivity index (χ0v) is 11.5. The van der Waals surface area contributed by atoms with Gasteiger partial charge in [-0.2, -0.15) is 0 Å². The first-order valence-corrected chi connectivity index (χ1v) is 6.96. The van der Waals surface area contributed by atoms with Gasteiger partial charge in [-0.1, -0.05) is 22.0 Å². The summed E-state index contributed by atoms with van der Waals surface area (Å²) in [5.74, 6) is 1.11. The predicted molar refractivity (Wildman–Crippen MR) is 70.1 cm³/mol. The number of nitrogens with zero attached hydrogens (tertiary/aromatic N) is 1. The molecule has 0 bridgehead atoms. The molecule has 2 rings (SSSR count). The fraction of sp³-hybridized carbons (Fsp3) is 0.538. The van der Waals surface area contributed by atoms with E-state index in [0.29, 0.717) is 18.2 Å². The average molecular weight is 302 g/mol. The average Bonchev–Trinajstić information content (AvgIpc) is 2.79. The summed E-state index contributed by atoms with van der Waals surface area (Å²) in [7, 11) is 1.55. The van der Waals surface area contributed by atoms with Gasteiger partial charge in [0.15, 0.2) is 0 Å². The number of benzene rings is 1. The van der Waals surface area contributed by atoms with E-state index in [1.54, 1.807) is 7.11 Å². The minimum Gasteiger partial charge on any atom is -0.497 e. The molecule has 0 spiro atoms. The maximum Gasteiger partial charge on any atom is 0.131 e. The largest absolute Gasteiger partial charge is 0.497 e. The summed E-state index contributed by atoms with van der Waals surface area (Å²) < 4.78 is 18.7. The minimum atomic E-state index is -0.174. The van der Waals surface area contributed by atoms with Gasteiger partial charge in [0.2, 0.25) is 0 Å². The molecule has 1 aliphatic heterocycles. The van der Waals surface area contributed by atoms with E-state index < -0.39 is 0 Å². The number of rotatable bonds is 4. The Morgan fingerprint density at radius 1 is 1.53 bits per heavy atom. The van der Waals surface area contributed by atoms with Gasteiger partial charge in [0, 0.05) is 30.0 Å². The Labute approximate surface area is 110 Å². The molecule has 0 N–H and O–H groups in total. The van der Waals surface area contributed by atoms with E-state index in [0.717, 1.165) is 24.0 Å². The van der Waals surface area contributed by atoms with E-state index in [-0.39, 0.29) is 5.82 Å². The van der Waals surface area contributed by atoms with Crippen LogP contribution in [0.2, 0.25) is 0 Å². The molecule has 1 fully saturated rings. The molecule has 17 heavy (non-hydrogen) atoms. The monoisotopic (exact) mass is 301 g/mol. The van der Waals surface area contributed by atoms with Crippen LogP contribution >= 0.6 is 15.9 Å². The number of methoxy groups -OCH3 is 1. The lowest BCUT2D eigenvalue weighted by molar-refractivity contribution is 0.315. The Balaban J connectivity index is 1.99. The molecule has 1 aromatic carbocycles. The second kappa shape index (κ2) is 5.83. The molecule has 1 atom stereocenters. The maximum atomic E-state index is 13.8. The van der Waals surface area contributed by atoms with E-state index in [1.165, 1.54) is 12.5 Å². The van der Waals surface area contributed by atoms with Gasteiger partial charge in [0.05, 0.1) is 7.11 Å². The quantitative estimate of drug-likeness (QED) is 0.793. The molecule has 0 amide bonds. The van der Waals surface area contributed by atoms with Crippen LogP contribution in [0.5, 0.6) is 5.75 Å². The molecule has 1 heterocycles. The third-order valence-electron chi connectivity index (χ3n) is 3.24. The van der Waals surface area contributed by atoms with Crippen molar-refractivity contribution in [1.82, 2.24) is 4.90 Å². The first kappa shape index (κ1) is 12.8. The fourth-order valence-corrected chi connectivity index (χ4v) is 2.74. The number of ether oxygens (including phenoxy) is 1. The zero-order valence-electron chi connectivity index (χ0n) is 9.96. The number of halogens is 2. The summed E-state index contributed by atoms with van der Waals surface area (Å²) in [5.41, 5.74) is 0.751. The summed E-state index contributed by atoms with van der Waals surface area (Å²) in [4.78, 5) is 2.30. The summed E-state index contributed by atoms with van der Waals surface area (Å²) in [6, 6.07) is 5.08. The Hall–Kier alpha value is -0.610. The van der Waals surface area contributed by atoms with Crippen molar-refractivity contribution >= 4 is 15.9 Å². The molecule has 0 saturated carbocycles. The molecule has 1 saturated heterocycles. The van der Waals surface area contributed by atoms with Crippen LogP contribution in [0, 0.1) is 11.7 Å². The molecular weight excluding hydrogens is 285 g/mol. The van der Waals surface area contributed by atoms with E-state index >= 15 is 0 Å². The lowest BCUT2D eigenvalue weighted by Gasteiger charge is -2.16. The van der Waals surface area contributed by atoms with Crippen molar-refractivity contribution in [2.75, 3.05) is 25.5 Å². The van der Waals surface area contributed by atoms with Crippen molar-refractivity contribution < 1.29 is 9.13 Å². The van der Waals surface area contributed by atoms with Crippen molar-refractivity contribution in [1.29, 1.82) is 0 Å². The molecular formula is C13H17BrFNO. The molecule has 1 aromatic rings. The molecule has 1 aliphatic rings. The van der Waals surface area contributed by atoms with Crippen molar-refractivity contribution in [3.8, 4) is 5.75 Å². The molecule has 0 radical (unpaired) electrons. The van der Waals surface area contributed by atoms with Crippen molar-refractivity contribution in [3.63, 3.8) is 0 Å². The highest BCUT2D eigenvalue weighted by Gasteiger charge is 2.22. The van der Waals surface area contributed by atoms with Gasteiger partial charge in [-0.3, -0.25) is 4.90 Å². The zero-order chi connectivity index (χ0) is 12.3. The minimum absolute atomic E-state index is 0.174. The Morgan fingerprint density at radius 2 is 2.35 bits per heavy atom. The number of likely N-dealkylation sites (tertiary alicyclic amines) is 1. The van der Waals surface area contributed by atoms with Crippen LogP contribution in [0.25, 0.3) is 0 Å². The van der Waals surface area contributed by atoms with E-state index in [4.69, 9.17) is 4.74 Å². The Bertz CT molecular complexity index is 386. The van der Waals surface area contributed by atoms with Gasteiger partial charge in [0.1, 0.15) is 11.6 Å². The maximum absolute atomic E-state index is 13.8. The summed E-state index contributed by atoms with van der Waals surface area (Å²) in [6.07, 6.45) is 1.20. The molecule has 1 unspecified atom stereocenters. The number of hydrogen-bond donors (Lipinski definition) is 0. The van der Waals surface area contributed by atoms with Crippen molar-refractivity contribution in [2.24, 2.45) is 5.92 Å². The van der Waals surface area contributed by atoms with Gasteiger partial charge in [-0.25, -0.2) is 4.39 Å². The van der Waals surface area contributed by atoms with Crippen molar-refractivity contribution in [2.45, 2.75) is 13.0 Å². The standard InChI is InChI=1S/C13H17BrFNO/c1-17-12-3-2-11(13(15)6-12)9-16-5-4-10(7-14)8-16/h2-3,6,10H,4-5,7-9H2,1H3. The van der Waals surface area contributed by atoms with Crippen LogP contribution in [-0.4, -0.2) is 30.4 Å². The highest BCUT2D eigenvalue weighted by molar-refractivity contribution is 9.09. The van der Waals surface area contributed by atoms with Crippen LogP contribution in [0.3, 0.4) is 0 Å². The third-order valence-corrected chi connectivity index (χ3v) is 4.16. The number of hydrogen-bond acceptors (Lipinski definition) is 2. The Morgan fingerprint density at radius 3 is 2.94 bits per heavy atom. The summed E-state index contributed by atoms with van der Waals surface area (Å²) in [6.45, 7) is 2.80. The van der Waals surface area contributed by atoms with E-state index in [2.05, 4.69) is 20.8 Å². The predicted octanol–water partition coefficient (Wildman–Crippen LogP) is 3.05. The second-order valence-electron chi connectivity index (χ2n) is 4.50. The number of alkyl halides is 1. The first-order valence-electron chi connectivity index (χ1n) is 5.83. The van der Waals surface area contributed by atoms with Gasteiger partial charge in [-0.15, -0.1) is 0 Å². The van der Waals surface area contributed by atoms with Gasteiger partial charge in [-0.05, 0) is 24.9 Å². The van der Waals surface area contributed by atoms with E-state index in [9.17, 15) is 4.39 Å². The molecule has 0 aromatic heterocycles. The normalized spacial score (nSPS) is 20.8. The van der Waals surface area contributed by atoms with Crippen LogP contribution < -0.4 is 4.74 Å². The smallest absolute Gasteiger partial charge is 0.131 e. The van der Waals surface area contributed by atoms with Gasteiger partial charge in [0.25, 0.3) is 0 Å². The second-order valence-corrected chi connectivity index (χ2v) is 5.15. The van der Waals surface area contributed by atoms with E-state index in [1.807, 2.05) is 12.1 Å².